The van der Waals surface area contributed by atoms with E-state index in [-0.39, 0.29) is 0 Å². The average molecular weight is 203 g/mol. The fraction of sp³-hybridized carbons (Fsp3) is 0.357. The smallest absolute Gasteiger partial charge is 0.0697 e. The SMILES string of the molecule is C=Nc1ccc(CC)cc1C(=C)C.CC. The van der Waals surface area contributed by atoms with Gasteiger partial charge in [0.05, 0.1) is 5.69 Å². The van der Waals surface area contributed by atoms with E-state index in [1.807, 2.05) is 26.8 Å². The fourth-order valence-corrected chi connectivity index (χ4v) is 1.28. The lowest BCUT2D eigenvalue weighted by atomic mass is 10.0. The van der Waals surface area contributed by atoms with Gasteiger partial charge in [-0.3, -0.25) is 4.99 Å². The first-order chi connectivity index (χ1) is 7.19. The molecule has 0 bridgehead atoms. The molecular weight excluding hydrogens is 182 g/mol. The van der Waals surface area contributed by atoms with Crippen molar-refractivity contribution >= 4 is 18.0 Å². The monoisotopic (exact) mass is 203 g/mol. The molecule has 1 aromatic rings. The molecule has 0 saturated carbocycles. The lowest BCUT2D eigenvalue weighted by Gasteiger charge is -2.06. The molecule has 1 heteroatoms. The maximum atomic E-state index is 3.96. The Labute approximate surface area is 93.6 Å². The molecule has 1 rings (SSSR count). The van der Waals surface area contributed by atoms with Crippen LogP contribution < -0.4 is 0 Å². The predicted octanol–water partition coefficient (Wildman–Crippen LogP) is 4.64. The molecule has 0 amide bonds. The van der Waals surface area contributed by atoms with Crippen molar-refractivity contribution in [2.24, 2.45) is 4.99 Å². The Balaban J connectivity index is 0.000000921. The second-order valence-electron chi connectivity index (χ2n) is 3.14. The number of hydrogen-bond donors (Lipinski definition) is 0. The maximum absolute atomic E-state index is 3.96. The van der Waals surface area contributed by atoms with Crippen LogP contribution in [0.25, 0.3) is 5.57 Å². The molecule has 82 valence electrons. The number of rotatable bonds is 3. The average Bonchev–Trinajstić information content (AvgIpc) is 2.30. The summed E-state index contributed by atoms with van der Waals surface area (Å²) in [5.74, 6) is 0. The molecule has 0 fully saturated rings. The van der Waals surface area contributed by atoms with Gasteiger partial charge in [0.1, 0.15) is 0 Å². The summed E-state index contributed by atoms with van der Waals surface area (Å²) < 4.78 is 0. The molecule has 0 aliphatic rings. The largest absolute Gasteiger partial charge is 0.264 e. The van der Waals surface area contributed by atoms with Crippen molar-refractivity contribution in [3.63, 3.8) is 0 Å². The summed E-state index contributed by atoms with van der Waals surface area (Å²) in [6.45, 7) is 15.6. The first kappa shape index (κ1) is 13.6. The molecule has 0 heterocycles. The molecule has 0 aromatic heterocycles. The summed E-state index contributed by atoms with van der Waals surface area (Å²) >= 11 is 0. The van der Waals surface area contributed by atoms with Gasteiger partial charge in [-0.25, -0.2) is 0 Å². The third-order valence-electron chi connectivity index (χ3n) is 2.10. The molecule has 1 nitrogen and oxygen atoms in total. The van der Waals surface area contributed by atoms with Crippen molar-refractivity contribution in [3.05, 3.63) is 35.9 Å². The maximum Gasteiger partial charge on any atom is 0.0697 e. The van der Waals surface area contributed by atoms with E-state index in [4.69, 9.17) is 0 Å². The van der Waals surface area contributed by atoms with E-state index < -0.39 is 0 Å². The van der Waals surface area contributed by atoms with Crippen molar-refractivity contribution in [1.29, 1.82) is 0 Å². The van der Waals surface area contributed by atoms with Gasteiger partial charge in [0, 0.05) is 5.56 Å². The summed E-state index contributed by atoms with van der Waals surface area (Å²) in [6, 6.07) is 6.21. The van der Waals surface area contributed by atoms with Crippen LogP contribution >= 0.6 is 0 Å². The van der Waals surface area contributed by atoms with Crippen LogP contribution in [0.5, 0.6) is 0 Å². The molecule has 0 unspecified atom stereocenters. The highest BCUT2D eigenvalue weighted by molar-refractivity contribution is 5.73. The lowest BCUT2D eigenvalue weighted by molar-refractivity contribution is 1.14. The van der Waals surface area contributed by atoms with Gasteiger partial charge in [-0.15, -0.1) is 0 Å². The van der Waals surface area contributed by atoms with Crippen LogP contribution in [0.3, 0.4) is 0 Å². The van der Waals surface area contributed by atoms with Gasteiger partial charge < -0.3 is 0 Å². The highest BCUT2D eigenvalue weighted by Crippen LogP contribution is 2.26. The Bertz CT molecular complexity index is 337. The first-order valence-corrected chi connectivity index (χ1v) is 5.44. The second-order valence-corrected chi connectivity index (χ2v) is 3.14. The number of benzene rings is 1. The van der Waals surface area contributed by atoms with Crippen molar-refractivity contribution in [2.75, 3.05) is 0 Å². The third kappa shape index (κ3) is 3.70. The Morgan fingerprint density at radius 3 is 2.33 bits per heavy atom. The van der Waals surface area contributed by atoms with Crippen molar-refractivity contribution in [3.8, 4) is 0 Å². The summed E-state index contributed by atoms with van der Waals surface area (Å²) in [5, 5.41) is 0. The molecule has 1 aromatic carbocycles. The van der Waals surface area contributed by atoms with Gasteiger partial charge >= 0.3 is 0 Å². The third-order valence-corrected chi connectivity index (χ3v) is 2.10. The van der Waals surface area contributed by atoms with Gasteiger partial charge in [-0.05, 0) is 43.3 Å². The van der Waals surface area contributed by atoms with E-state index in [9.17, 15) is 0 Å². The number of aliphatic imine (C=N–C) groups is 1. The van der Waals surface area contributed by atoms with E-state index >= 15 is 0 Å². The zero-order chi connectivity index (χ0) is 11.8. The standard InChI is InChI=1S/C12H15N.C2H6/c1-5-10-6-7-12(13-4)11(8-10)9(2)3;1-2/h6-8H,2,4-5H2,1,3H3;1-2H3. The molecule has 0 aliphatic heterocycles. The number of aryl methyl sites for hydroxylation is 1. The van der Waals surface area contributed by atoms with Gasteiger partial charge in [-0.2, -0.15) is 0 Å². The topological polar surface area (TPSA) is 12.4 Å². The summed E-state index contributed by atoms with van der Waals surface area (Å²) in [6.07, 6.45) is 1.04. The Kier molecular flexibility index (Phi) is 6.35. The fourth-order valence-electron chi connectivity index (χ4n) is 1.28. The molecule has 0 atom stereocenters. The Morgan fingerprint density at radius 2 is 1.93 bits per heavy atom. The van der Waals surface area contributed by atoms with Crippen molar-refractivity contribution < 1.29 is 0 Å². The zero-order valence-corrected chi connectivity index (χ0v) is 10.3. The minimum Gasteiger partial charge on any atom is -0.264 e. The van der Waals surface area contributed by atoms with Crippen LogP contribution in [0, 0.1) is 0 Å². The molecule has 0 radical (unpaired) electrons. The summed E-state index contributed by atoms with van der Waals surface area (Å²) in [4.78, 5) is 3.96. The molecule has 0 spiro atoms. The summed E-state index contributed by atoms with van der Waals surface area (Å²) in [7, 11) is 0. The van der Waals surface area contributed by atoms with Gasteiger partial charge in [0.2, 0.25) is 0 Å². The number of hydrogen-bond acceptors (Lipinski definition) is 1. The van der Waals surface area contributed by atoms with Crippen molar-refractivity contribution in [1.82, 2.24) is 0 Å². The normalized spacial score (nSPS) is 8.80. The van der Waals surface area contributed by atoms with Crippen LogP contribution in [-0.4, -0.2) is 6.72 Å². The lowest BCUT2D eigenvalue weighted by Crippen LogP contribution is -1.84. The van der Waals surface area contributed by atoms with Crippen LogP contribution in [-0.2, 0) is 6.42 Å². The van der Waals surface area contributed by atoms with E-state index in [1.165, 1.54) is 5.56 Å². The highest BCUT2D eigenvalue weighted by Gasteiger charge is 2.01. The first-order valence-electron chi connectivity index (χ1n) is 5.44. The van der Waals surface area contributed by atoms with Crippen LogP contribution in [0.4, 0.5) is 5.69 Å². The van der Waals surface area contributed by atoms with Crippen LogP contribution in [0.1, 0.15) is 38.8 Å². The van der Waals surface area contributed by atoms with E-state index in [2.05, 4.69) is 37.3 Å². The Morgan fingerprint density at radius 1 is 1.33 bits per heavy atom. The highest BCUT2D eigenvalue weighted by atomic mass is 14.7. The molecule has 0 saturated heterocycles. The van der Waals surface area contributed by atoms with Gasteiger partial charge in [0.25, 0.3) is 0 Å². The van der Waals surface area contributed by atoms with E-state index in [0.29, 0.717) is 0 Å². The van der Waals surface area contributed by atoms with Gasteiger partial charge in [0.15, 0.2) is 0 Å². The predicted molar refractivity (Wildman–Crippen MR) is 71.1 cm³/mol. The number of allylic oxidation sites excluding steroid dienone is 1. The zero-order valence-electron chi connectivity index (χ0n) is 10.3. The molecule has 0 N–H and O–H groups in total. The van der Waals surface area contributed by atoms with Crippen LogP contribution in [0.15, 0.2) is 29.8 Å². The summed E-state index contributed by atoms with van der Waals surface area (Å²) in [5.41, 5.74) is 4.38. The molecule has 15 heavy (non-hydrogen) atoms. The van der Waals surface area contributed by atoms with Crippen LogP contribution in [0.2, 0.25) is 0 Å². The van der Waals surface area contributed by atoms with E-state index in [0.717, 1.165) is 23.2 Å². The van der Waals surface area contributed by atoms with Gasteiger partial charge in [-0.1, -0.05) is 33.4 Å². The minimum absolute atomic E-state index is 0.921. The molecular formula is C14H21N. The van der Waals surface area contributed by atoms with E-state index in [1.54, 1.807) is 0 Å². The molecule has 0 aliphatic carbocycles. The quantitative estimate of drug-likeness (QED) is 0.634. The minimum atomic E-state index is 0.921. The Hall–Kier alpha value is -1.37. The second kappa shape index (κ2) is 6.99. The van der Waals surface area contributed by atoms with Crippen molar-refractivity contribution in [2.45, 2.75) is 34.1 Å². The number of nitrogens with zero attached hydrogens (tertiary/aromatic N) is 1.